The fourth-order valence-corrected chi connectivity index (χ4v) is 1.51. The first-order valence-electron chi connectivity index (χ1n) is 5.33. The molecule has 3 nitrogen and oxygen atoms in total. The first kappa shape index (κ1) is 12.4. The van der Waals surface area contributed by atoms with E-state index in [9.17, 15) is 0 Å². The Kier molecular flexibility index (Phi) is 5.02. The Labute approximate surface area is 99.8 Å². The molecule has 0 aliphatic rings. The third-order valence-corrected chi connectivity index (χ3v) is 2.63. The maximum absolute atomic E-state index is 4.04. The van der Waals surface area contributed by atoms with Gasteiger partial charge in [-0.15, -0.1) is 10.2 Å². The molecule has 0 saturated carbocycles. The van der Waals surface area contributed by atoms with Crippen LogP contribution < -0.4 is 5.32 Å². The molecule has 0 fully saturated rings. The summed E-state index contributed by atoms with van der Waals surface area (Å²) in [6.07, 6.45) is 2.40. The van der Waals surface area contributed by atoms with Gasteiger partial charge in [0.05, 0.1) is 0 Å². The summed E-state index contributed by atoms with van der Waals surface area (Å²) in [5.41, 5.74) is 0. The highest BCUT2D eigenvalue weighted by atomic mass is 79.9. The number of nitrogens with one attached hydrogen (secondary N) is 1. The quantitative estimate of drug-likeness (QED) is 0.891. The van der Waals surface area contributed by atoms with Gasteiger partial charge in [-0.05, 0) is 53.7 Å². The van der Waals surface area contributed by atoms with E-state index in [1.165, 1.54) is 6.42 Å². The summed E-state index contributed by atoms with van der Waals surface area (Å²) < 4.78 is 0.767. The predicted octanol–water partition coefficient (Wildman–Crippen LogP) is 3.48. The number of hydrogen-bond donors (Lipinski definition) is 1. The van der Waals surface area contributed by atoms with E-state index in [0.717, 1.165) is 22.8 Å². The minimum absolute atomic E-state index is 0.447. The molecule has 15 heavy (non-hydrogen) atoms. The first-order chi connectivity index (χ1) is 7.08. The van der Waals surface area contributed by atoms with Gasteiger partial charge in [-0.25, -0.2) is 0 Å². The third kappa shape index (κ3) is 5.11. The van der Waals surface area contributed by atoms with Crippen LogP contribution in [0.3, 0.4) is 0 Å². The maximum atomic E-state index is 4.04. The van der Waals surface area contributed by atoms with Gasteiger partial charge in [-0.1, -0.05) is 13.8 Å². The average Bonchev–Trinajstić information content (AvgIpc) is 2.19. The lowest BCUT2D eigenvalue weighted by Gasteiger charge is -2.14. The van der Waals surface area contributed by atoms with Gasteiger partial charge in [0.2, 0.25) is 0 Å². The Morgan fingerprint density at radius 2 is 1.93 bits per heavy atom. The smallest absolute Gasteiger partial charge is 0.148 e. The summed E-state index contributed by atoms with van der Waals surface area (Å²) in [5, 5.41) is 11.3. The molecule has 0 saturated heterocycles. The van der Waals surface area contributed by atoms with Crippen molar-refractivity contribution < 1.29 is 0 Å². The molecule has 0 aliphatic heterocycles. The molecule has 1 aromatic heterocycles. The second kappa shape index (κ2) is 6.05. The van der Waals surface area contributed by atoms with Crippen molar-refractivity contribution in [2.75, 3.05) is 5.32 Å². The van der Waals surface area contributed by atoms with Crippen molar-refractivity contribution in [1.82, 2.24) is 10.2 Å². The summed E-state index contributed by atoms with van der Waals surface area (Å²) in [6, 6.07) is 4.27. The van der Waals surface area contributed by atoms with Gasteiger partial charge in [-0.2, -0.15) is 0 Å². The zero-order valence-corrected chi connectivity index (χ0v) is 11.1. The SMILES string of the molecule is CC(C)CCC(C)Nc1ccc(Br)nn1. The topological polar surface area (TPSA) is 37.8 Å². The number of halogens is 1. The molecule has 1 N–H and O–H groups in total. The molecule has 0 amide bonds. The molecule has 0 aromatic carbocycles. The van der Waals surface area contributed by atoms with Crippen LogP contribution in [-0.4, -0.2) is 16.2 Å². The van der Waals surface area contributed by atoms with Crippen LogP contribution >= 0.6 is 15.9 Å². The normalized spacial score (nSPS) is 12.9. The van der Waals surface area contributed by atoms with Crippen LogP contribution in [0.1, 0.15) is 33.6 Å². The Balaban J connectivity index is 2.37. The van der Waals surface area contributed by atoms with Crippen LogP contribution in [0, 0.1) is 5.92 Å². The highest BCUT2D eigenvalue weighted by Crippen LogP contribution is 2.12. The predicted molar refractivity (Wildman–Crippen MR) is 66.9 cm³/mol. The Hall–Kier alpha value is -0.640. The van der Waals surface area contributed by atoms with Gasteiger partial charge < -0.3 is 5.32 Å². The molecule has 0 bridgehead atoms. The molecule has 1 unspecified atom stereocenters. The van der Waals surface area contributed by atoms with E-state index >= 15 is 0 Å². The Morgan fingerprint density at radius 1 is 1.20 bits per heavy atom. The molecule has 4 heteroatoms. The van der Waals surface area contributed by atoms with Gasteiger partial charge in [0, 0.05) is 6.04 Å². The van der Waals surface area contributed by atoms with Crippen LogP contribution in [0.25, 0.3) is 0 Å². The molecule has 0 aliphatic carbocycles. The van der Waals surface area contributed by atoms with Crippen molar-refractivity contribution >= 4 is 21.7 Å². The number of nitrogens with zero attached hydrogens (tertiary/aromatic N) is 2. The van der Waals surface area contributed by atoms with Crippen LogP contribution in [0.2, 0.25) is 0 Å². The number of rotatable bonds is 5. The van der Waals surface area contributed by atoms with Gasteiger partial charge in [0.15, 0.2) is 0 Å². The lowest BCUT2D eigenvalue weighted by atomic mass is 10.0. The fourth-order valence-electron chi connectivity index (χ4n) is 1.30. The van der Waals surface area contributed by atoms with Crippen LogP contribution in [0.5, 0.6) is 0 Å². The second-order valence-electron chi connectivity index (χ2n) is 4.26. The third-order valence-electron chi connectivity index (χ3n) is 2.20. The van der Waals surface area contributed by atoms with E-state index in [0.29, 0.717) is 6.04 Å². The zero-order valence-electron chi connectivity index (χ0n) is 9.50. The Morgan fingerprint density at radius 3 is 2.47 bits per heavy atom. The average molecular weight is 272 g/mol. The number of anilines is 1. The van der Waals surface area contributed by atoms with Crippen molar-refractivity contribution in [2.24, 2.45) is 5.92 Å². The monoisotopic (exact) mass is 271 g/mol. The standard InChI is InChI=1S/C11H18BrN3/c1-8(2)4-5-9(3)13-11-7-6-10(12)14-15-11/h6-9H,4-5H2,1-3H3,(H,13,15). The van der Waals surface area contributed by atoms with Gasteiger partial charge in [0.25, 0.3) is 0 Å². The van der Waals surface area contributed by atoms with Gasteiger partial charge in [-0.3, -0.25) is 0 Å². The Bertz CT molecular complexity index is 284. The summed E-state index contributed by atoms with van der Waals surface area (Å²) in [4.78, 5) is 0. The molecule has 1 heterocycles. The summed E-state index contributed by atoms with van der Waals surface area (Å²) in [7, 11) is 0. The van der Waals surface area contributed by atoms with E-state index in [-0.39, 0.29) is 0 Å². The lowest BCUT2D eigenvalue weighted by Crippen LogP contribution is -2.16. The highest BCUT2D eigenvalue weighted by Gasteiger charge is 2.04. The van der Waals surface area contributed by atoms with E-state index in [1.807, 2.05) is 12.1 Å². The fraction of sp³-hybridized carbons (Fsp3) is 0.636. The molecular weight excluding hydrogens is 254 g/mol. The molecule has 84 valence electrons. The summed E-state index contributed by atoms with van der Waals surface area (Å²) >= 11 is 3.26. The van der Waals surface area contributed by atoms with Crippen molar-refractivity contribution in [3.63, 3.8) is 0 Å². The molecule has 1 atom stereocenters. The minimum atomic E-state index is 0.447. The minimum Gasteiger partial charge on any atom is -0.366 e. The van der Waals surface area contributed by atoms with Crippen LogP contribution in [0.15, 0.2) is 16.7 Å². The number of aromatic nitrogens is 2. The lowest BCUT2D eigenvalue weighted by molar-refractivity contribution is 0.527. The molecule has 1 rings (SSSR count). The van der Waals surface area contributed by atoms with E-state index < -0.39 is 0 Å². The zero-order chi connectivity index (χ0) is 11.3. The molecular formula is C11H18BrN3. The first-order valence-corrected chi connectivity index (χ1v) is 6.13. The summed E-state index contributed by atoms with van der Waals surface area (Å²) in [5.74, 6) is 1.60. The summed E-state index contributed by atoms with van der Waals surface area (Å²) in [6.45, 7) is 6.66. The van der Waals surface area contributed by atoms with Crippen molar-refractivity contribution in [1.29, 1.82) is 0 Å². The van der Waals surface area contributed by atoms with Crippen molar-refractivity contribution in [2.45, 2.75) is 39.7 Å². The van der Waals surface area contributed by atoms with E-state index in [1.54, 1.807) is 0 Å². The van der Waals surface area contributed by atoms with Gasteiger partial charge in [0.1, 0.15) is 10.4 Å². The van der Waals surface area contributed by atoms with Crippen LogP contribution in [0.4, 0.5) is 5.82 Å². The molecule has 0 radical (unpaired) electrons. The number of hydrogen-bond acceptors (Lipinski definition) is 3. The maximum Gasteiger partial charge on any atom is 0.148 e. The molecule has 1 aromatic rings. The van der Waals surface area contributed by atoms with Crippen LogP contribution in [-0.2, 0) is 0 Å². The molecule has 0 spiro atoms. The van der Waals surface area contributed by atoms with E-state index in [2.05, 4.69) is 52.2 Å². The van der Waals surface area contributed by atoms with Crippen molar-refractivity contribution in [3.8, 4) is 0 Å². The van der Waals surface area contributed by atoms with Crippen molar-refractivity contribution in [3.05, 3.63) is 16.7 Å². The van der Waals surface area contributed by atoms with Gasteiger partial charge >= 0.3 is 0 Å². The second-order valence-corrected chi connectivity index (χ2v) is 5.07. The largest absolute Gasteiger partial charge is 0.366 e. The highest BCUT2D eigenvalue weighted by molar-refractivity contribution is 9.10. The van der Waals surface area contributed by atoms with E-state index in [4.69, 9.17) is 0 Å².